The fourth-order valence-corrected chi connectivity index (χ4v) is 2.95. The van der Waals surface area contributed by atoms with E-state index in [0.717, 1.165) is 6.26 Å². The van der Waals surface area contributed by atoms with Crippen LogP contribution in [0.2, 0.25) is 5.02 Å². The van der Waals surface area contributed by atoms with Crippen molar-refractivity contribution in [2.75, 3.05) is 19.3 Å². The number of amides is 2. The van der Waals surface area contributed by atoms with Gasteiger partial charge in [-0.15, -0.1) is 0 Å². The van der Waals surface area contributed by atoms with Crippen LogP contribution in [-0.2, 0) is 9.84 Å². The SMILES string of the molecule is CS(=O)(=O)c1cccc(C(=O)NCCNC(=O)c2ccccc2Cl)c1. The van der Waals surface area contributed by atoms with Crippen molar-refractivity contribution in [1.82, 2.24) is 10.6 Å². The molecule has 25 heavy (non-hydrogen) atoms. The summed E-state index contributed by atoms with van der Waals surface area (Å²) in [6, 6.07) is 12.4. The Kier molecular flexibility index (Phi) is 6.17. The first-order chi connectivity index (χ1) is 11.8. The molecule has 2 aromatic rings. The van der Waals surface area contributed by atoms with Crippen molar-refractivity contribution >= 4 is 33.3 Å². The van der Waals surface area contributed by atoms with Crippen LogP contribution in [0, 0.1) is 0 Å². The van der Waals surface area contributed by atoms with E-state index in [1.165, 1.54) is 24.3 Å². The van der Waals surface area contributed by atoms with Crippen molar-refractivity contribution in [3.05, 3.63) is 64.7 Å². The average molecular weight is 381 g/mol. The van der Waals surface area contributed by atoms with Crippen molar-refractivity contribution in [2.24, 2.45) is 0 Å². The second-order valence-corrected chi connectivity index (χ2v) is 7.71. The zero-order valence-corrected chi connectivity index (χ0v) is 15.0. The molecule has 2 amide bonds. The van der Waals surface area contributed by atoms with Crippen molar-refractivity contribution in [2.45, 2.75) is 4.90 Å². The molecule has 0 aliphatic rings. The third-order valence-corrected chi connectivity index (χ3v) is 4.78. The summed E-state index contributed by atoms with van der Waals surface area (Å²) in [7, 11) is -3.38. The predicted octanol–water partition coefficient (Wildman–Crippen LogP) is 1.90. The van der Waals surface area contributed by atoms with E-state index in [1.807, 2.05) is 0 Å². The number of benzene rings is 2. The molecule has 132 valence electrons. The van der Waals surface area contributed by atoms with Crippen LogP contribution < -0.4 is 10.6 Å². The van der Waals surface area contributed by atoms with E-state index < -0.39 is 15.7 Å². The number of hydrogen-bond acceptors (Lipinski definition) is 4. The summed E-state index contributed by atoms with van der Waals surface area (Å²) < 4.78 is 23.0. The van der Waals surface area contributed by atoms with Crippen molar-refractivity contribution < 1.29 is 18.0 Å². The number of nitrogens with one attached hydrogen (secondary N) is 2. The highest BCUT2D eigenvalue weighted by Crippen LogP contribution is 2.14. The molecule has 0 fully saturated rings. The van der Waals surface area contributed by atoms with Gasteiger partial charge in [0.15, 0.2) is 9.84 Å². The molecule has 0 aliphatic heterocycles. The van der Waals surface area contributed by atoms with Crippen LogP contribution in [0.3, 0.4) is 0 Å². The van der Waals surface area contributed by atoms with Crippen LogP contribution in [-0.4, -0.2) is 39.6 Å². The molecule has 2 N–H and O–H groups in total. The first kappa shape index (κ1) is 19.0. The van der Waals surface area contributed by atoms with E-state index in [4.69, 9.17) is 11.6 Å². The lowest BCUT2D eigenvalue weighted by molar-refractivity contribution is 0.0927. The lowest BCUT2D eigenvalue weighted by atomic mass is 10.2. The molecule has 2 rings (SSSR count). The predicted molar refractivity (Wildman–Crippen MR) is 95.7 cm³/mol. The monoisotopic (exact) mass is 380 g/mol. The third kappa shape index (κ3) is 5.30. The topological polar surface area (TPSA) is 92.3 Å². The lowest BCUT2D eigenvalue weighted by Gasteiger charge is -2.08. The Labute approximate surface area is 151 Å². The Morgan fingerprint density at radius 2 is 1.60 bits per heavy atom. The number of sulfone groups is 1. The van der Waals surface area contributed by atoms with Gasteiger partial charge in [-0.1, -0.05) is 29.8 Å². The highest BCUT2D eigenvalue weighted by Gasteiger charge is 2.12. The van der Waals surface area contributed by atoms with Crippen molar-refractivity contribution in [1.29, 1.82) is 0 Å². The van der Waals surface area contributed by atoms with Crippen LogP contribution in [0.25, 0.3) is 0 Å². The van der Waals surface area contributed by atoms with Crippen LogP contribution in [0.5, 0.6) is 0 Å². The van der Waals surface area contributed by atoms with Gasteiger partial charge in [0.05, 0.1) is 15.5 Å². The molecule has 0 atom stereocenters. The molecule has 6 nitrogen and oxygen atoms in total. The zero-order chi connectivity index (χ0) is 18.4. The first-order valence-electron chi connectivity index (χ1n) is 7.40. The average Bonchev–Trinajstić information content (AvgIpc) is 2.58. The maximum Gasteiger partial charge on any atom is 0.252 e. The number of carbonyl (C=O) groups excluding carboxylic acids is 2. The number of carbonyl (C=O) groups is 2. The van der Waals surface area contributed by atoms with Gasteiger partial charge in [0.2, 0.25) is 0 Å². The second-order valence-electron chi connectivity index (χ2n) is 5.29. The van der Waals surface area contributed by atoms with Crippen LogP contribution >= 0.6 is 11.6 Å². The maximum absolute atomic E-state index is 12.1. The molecule has 0 saturated carbocycles. The van der Waals surface area contributed by atoms with Crippen LogP contribution in [0.1, 0.15) is 20.7 Å². The van der Waals surface area contributed by atoms with E-state index in [9.17, 15) is 18.0 Å². The quantitative estimate of drug-likeness (QED) is 0.748. The zero-order valence-electron chi connectivity index (χ0n) is 13.5. The molecular formula is C17H17ClN2O4S. The van der Waals surface area contributed by atoms with E-state index in [1.54, 1.807) is 24.3 Å². The summed E-state index contributed by atoms with van der Waals surface area (Å²) in [6.07, 6.45) is 1.08. The van der Waals surface area contributed by atoms with Crippen LogP contribution in [0.15, 0.2) is 53.4 Å². The molecule has 0 unspecified atom stereocenters. The first-order valence-corrected chi connectivity index (χ1v) is 9.67. The fourth-order valence-electron chi connectivity index (χ4n) is 2.06. The molecule has 8 heteroatoms. The van der Waals surface area contributed by atoms with Gasteiger partial charge < -0.3 is 10.6 Å². The summed E-state index contributed by atoms with van der Waals surface area (Å²) in [6.45, 7) is 0.402. The molecule has 0 aliphatic carbocycles. The summed E-state index contributed by atoms with van der Waals surface area (Å²) in [5.74, 6) is -0.753. The lowest BCUT2D eigenvalue weighted by Crippen LogP contribution is -2.34. The van der Waals surface area contributed by atoms with Gasteiger partial charge in [0.1, 0.15) is 0 Å². The largest absolute Gasteiger partial charge is 0.350 e. The van der Waals surface area contributed by atoms with Gasteiger partial charge in [0, 0.05) is 24.9 Å². The molecule has 0 spiro atoms. The van der Waals surface area contributed by atoms with Gasteiger partial charge in [-0.05, 0) is 30.3 Å². The fraction of sp³-hybridized carbons (Fsp3) is 0.176. The van der Waals surface area contributed by atoms with E-state index in [0.29, 0.717) is 10.6 Å². The molecular weight excluding hydrogens is 364 g/mol. The summed E-state index contributed by atoms with van der Waals surface area (Å²) in [4.78, 5) is 24.1. The molecule has 2 aromatic carbocycles. The van der Waals surface area contributed by atoms with Gasteiger partial charge in [0.25, 0.3) is 11.8 Å². The van der Waals surface area contributed by atoms with E-state index >= 15 is 0 Å². The normalized spacial score (nSPS) is 11.0. The molecule has 0 saturated heterocycles. The summed E-state index contributed by atoms with van der Waals surface area (Å²) in [5.41, 5.74) is 0.594. The Morgan fingerprint density at radius 3 is 2.24 bits per heavy atom. The Morgan fingerprint density at radius 1 is 0.960 bits per heavy atom. The van der Waals surface area contributed by atoms with Gasteiger partial charge in [-0.2, -0.15) is 0 Å². The summed E-state index contributed by atoms with van der Waals surface area (Å²) in [5, 5.41) is 5.61. The maximum atomic E-state index is 12.1. The van der Waals surface area contributed by atoms with Gasteiger partial charge >= 0.3 is 0 Å². The number of halogens is 1. The van der Waals surface area contributed by atoms with Crippen LogP contribution in [0.4, 0.5) is 0 Å². The smallest absolute Gasteiger partial charge is 0.252 e. The van der Waals surface area contributed by atoms with Crippen molar-refractivity contribution in [3.63, 3.8) is 0 Å². The highest BCUT2D eigenvalue weighted by atomic mass is 35.5. The van der Waals surface area contributed by atoms with Gasteiger partial charge in [-0.3, -0.25) is 9.59 Å². The standard InChI is InChI=1S/C17H17ClN2O4S/c1-25(23,24)13-6-4-5-12(11-13)16(21)19-9-10-20-17(22)14-7-2-3-8-15(14)18/h2-8,11H,9-10H2,1H3,(H,19,21)(H,20,22). The number of rotatable bonds is 6. The minimum atomic E-state index is -3.38. The summed E-state index contributed by atoms with van der Waals surface area (Å²) >= 11 is 5.93. The highest BCUT2D eigenvalue weighted by molar-refractivity contribution is 7.90. The van der Waals surface area contributed by atoms with Gasteiger partial charge in [-0.25, -0.2) is 8.42 Å². The molecule has 0 aromatic heterocycles. The minimum absolute atomic E-state index is 0.0761. The molecule has 0 radical (unpaired) electrons. The minimum Gasteiger partial charge on any atom is -0.350 e. The molecule has 0 heterocycles. The molecule has 0 bridgehead atoms. The van der Waals surface area contributed by atoms with E-state index in [2.05, 4.69) is 10.6 Å². The number of hydrogen-bond donors (Lipinski definition) is 2. The van der Waals surface area contributed by atoms with Crippen molar-refractivity contribution in [3.8, 4) is 0 Å². The van der Waals surface area contributed by atoms with E-state index in [-0.39, 0.29) is 29.5 Å². The third-order valence-electron chi connectivity index (χ3n) is 3.34. The Hall–Kier alpha value is -2.38. The second kappa shape index (κ2) is 8.13. The Bertz CT molecular complexity index is 897. The Balaban J connectivity index is 1.87.